The molecule has 1 N–H and O–H groups in total. The molecule has 0 aromatic carbocycles. The molecule has 2 unspecified atom stereocenters. The molecule has 0 radical (unpaired) electrons. The molecule has 3 rings (SSSR count). The highest BCUT2D eigenvalue weighted by Gasteiger charge is 2.25. The molecular weight excluding hydrogens is 240 g/mol. The van der Waals surface area contributed by atoms with Gasteiger partial charge in [-0.25, -0.2) is 9.97 Å². The van der Waals surface area contributed by atoms with Crippen molar-refractivity contribution in [1.82, 2.24) is 20.2 Å². The van der Waals surface area contributed by atoms with Gasteiger partial charge >= 0.3 is 0 Å². The topological polar surface area (TPSA) is 50.3 Å². The van der Waals surface area contributed by atoms with Gasteiger partial charge in [0.1, 0.15) is 5.82 Å². The van der Waals surface area contributed by atoms with Gasteiger partial charge in [0.25, 0.3) is 0 Å². The first-order chi connectivity index (χ1) is 9.22. The standard InChI is InChI=1S/C14H22N4O/c1-10-7-12(11-3-5-18(2)8-11)17-14(16-10)13-9-19-6-4-15-13/h7,11,13,15H,3-6,8-9H2,1-2H3. The minimum Gasteiger partial charge on any atom is -0.378 e. The summed E-state index contributed by atoms with van der Waals surface area (Å²) in [5.74, 6) is 1.44. The second-order valence-electron chi connectivity index (χ2n) is 5.62. The molecule has 1 aromatic rings. The van der Waals surface area contributed by atoms with Crippen molar-refractivity contribution >= 4 is 0 Å². The van der Waals surface area contributed by atoms with Crippen molar-refractivity contribution in [1.29, 1.82) is 0 Å². The maximum absolute atomic E-state index is 5.51. The molecule has 2 atom stereocenters. The summed E-state index contributed by atoms with van der Waals surface area (Å²) < 4.78 is 5.51. The molecule has 19 heavy (non-hydrogen) atoms. The summed E-state index contributed by atoms with van der Waals surface area (Å²) in [6.45, 7) is 6.65. The highest BCUT2D eigenvalue weighted by atomic mass is 16.5. The summed E-state index contributed by atoms with van der Waals surface area (Å²) in [6.07, 6.45) is 1.20. The quantitative estimate of drug-likeness (QED) is 0.857. The Morgan fingerprint density at radius 1 is 1.42 bits per heavy atom. The van der Waals surface area contributed by atoms with Gasteiger partial charge in [-0.15, -0.1) is 0 Å². The first-order valence-corrected chi connectivity index (χ1v) is 7.07. The number of aryl methyl sites for hydroxylation is 1. The van der Waals surface area contributed by atoms with Crippen LogP contribution >= 0.6 is 0 Å². The lowest BCUT2D eigenvalue weighted by atomic mass is 10.0. The normalized spacial score (nSPS) is 28.7. The van der Waals surface area contributed by atoms with E-state index in [0.717, 1.165) is 37.8 Å². The average molecular weight is 262 g/mol. The van der Waals surface area contributed by atoms with Gasteiger partial charge in [0.15, 0.2) is 0 Å². The molecule has 2 aliphatic heterocycles. The molecular formula is C14H22N4O. The number of morpholine rings is 1. The van der Waals surface area contributed by atoms with Gasteiger partial charge in [-0.3, -0.25) is 0 Å². The fraction of sp³-hybridized carbons (Fsp3) is 0.714. The number of hydrogen-bond acceptors (Lipinski definition) is 5. The summed E-state index contributed by atoms with van der Waals surface area (Å²) in [7, 11) is 2.17. The Morgan fingerprint density at radius 3 is 3.00 bits per heavy atom. The largest absolute Gasteiger partial charge is 0.378 e. The van der Waals surface area contributed by atoms with E-state index in [4.69, 9.17) is 9.72 Å². The number of ether oxygens (including phenoxy) is 1. The zero-order chi connectivity index (χ0) is 13.2. The predicted octanol–water partition coefficient (Wildman–Crippen LogP) is 0.865. The van der Waals surface area contributed by atoms with Gasteiger partial charge in [0.2, 0.25) is 0 Å². The second-order valence-corrected chi connectivity index (χ2v) is 5.62. The number of hydrogen-bond donors (Lipinski definition) is 1. The summed E-state index contributed by atoms with van der Waals surface area (Å²) >= 11 is 0. The van der Waals surface area contributed by atoms with E-state index < -0.39 is 0 Å². The smallest absolute Gasteiger partial charge is 0.148 e. The molecule has 0 aliphatic carbocycles. The van der Waals surface area contributed by atoms with Crippen molar-refractivity contribution in [2.75, 3.05) is 39.9 Å². The van der Waals surface area contributed by atoms with Crippen LogP contribution in [0.4, 0.5) is 0 Å². The van der Waals surface area contributed by atoms with Gasteiger partial charge in [-0.2, -0.15) is 0 Å². The lowest BCUT2D eigenvalue weighted by Gasteiger charge is -2.23. The van der Waals surface area contributed by atoms with Gasteiger partial charge in [-0.1, -0.05) is 0 Å². The Kier molecular flexibility index (Phi) is 3.77. The molecule has 2 aliphatic rings. The fourth-order valence-corrected chi connectivity index (χ4v) is 2.89. The van der Waals surface area contributed by atoms with Crippen molar-refractivity contribution < 1.29 is 4.74 Å². The van der Waals surface area contributed by atoms with E-state index in [-0.39, 0.29) is 6.04 Å². The van der Waals surface area contributed by atoms with Crippen molar-refractivity contribution in [2.24, 2.45) is 0 Å². The third kappa shape index (κ3) is 2.94. The molecule has 2 saturated heterocycles. The van der Waals surface area contributed by atoms with Gasteiger partial charge < -0.3 is 15.0 Å². The minimum absolute atomic E-state index is 0.145. The summed E-state index contributed by atoms with van der Waals surface area (Å²) in [5, 5.41) is 3.43. The monoisotopic (exact) mass is 262 g/mol. The number of nitrogens with zero attached hydrogens (tertiary/aromatic N) is 3. The molecule has 5 nitrogen and oxygen atoms in total. The maximum Gasteiger partial charge on any atom is 0.148 e. The van der Waals surface area contributed by atoms with E-state index in [2.05, 4.69) is 35.2 Å². The van der Waals surface area contributed by atoms with E-state index >= 15 is 0 Å². The lowest BCUT2D eigenvalue weighted by Crippen LogP contribution is -2.36. The van der Waals surface area contributed by atoms with E-state index in [0.29, 0.717) is 12.5 Å². The van der Waals surface area contributed by atoms with Crippen LogP contribution in [0.5, 0.6) is 0 Å². The Labute approximate surface area is 114 Å². The molecule has 0 bridgehead atoms. The zero-order valence-electron chi connectivity index (χ0n) is 11.7. The molecule has 104 valence electrons. The molecule has 0 spiro atoms. The third-order valence-electron chi connectivity index (χ3n) is 3.93. The van der Waals surface area contributed by atoms with E-state index in [1.54, 1.807) is 0 Å². The summed E-state index contributed by atoms with van der Waals surface area (Å²) in [4.78, 5) is 11.7. The van der Waals surface area contributed by atoms with Crippen LogP contribution < -0.4 is 5.32 Å². The molecule has 5 heteroatoms. The van der Waals surface area contributed by atoms with Crippen LogP contribution in [0.2, 0.25) is 0 Å². The SMILES string of the molecule is Cc1cc(C2CCN(C)C2)nc(C2COCCN2)n1. The maximum atomic E-state index is 5.51. The molecule has 3 heterocycles. The number of aromatic nitrogens is 2. The fourth-order valence-electron chi connectivity index (χ4n) is 2.89. The Bertz CT molecular complexity index is 422. The Balaban J connectivity index is 1.83. The van der Waals surface area contributed by atoms with Gasteiger partial charge in [0.05, 0.1) is 19.3 Å². The van der Waals surface area contributed by atoms with Crippen LogP contribution in [0.1, 0.15) is 35.6 Å². The number of likely N-dealkylation sites (N-methyl/N-ethyl adjacent to an activating group) is 1. The van der Waals surface area contributed by atoms with E-state index in [1.165, 1.54) is 12.1 Å². The minimum atomic E-state index is 0.145. The van der Waals surface area contributed by atoms with Crippen LogP contribution in [0.15, 0.2) is 6.07 Å². The van der Waals surface area contributed by atoms with Crippen LogP contribution in [0.25, 0.3) is 0 Å². The van der Waals surface area contributed by atoms with Crippen molar-refractivity contribution in [3.8, 4) is 0 Å². The second kappa shape index (κ2) is 5.53. The zero-order valence-corrected chi connectivity index (χ0v) is 11.7. The van der Waals surface area contributed by atoms with Crippen LogP contribution in [-0.4, -0.2) is 54.8 Å². The first-order valence-electron chi connectivity index (χ1n) is 7.07. The number of rotatable bonds is 2. The molecule has 0 amide bonds. The van der Waals surface area contributed by atoms with E-state index in [9.17, 15) is 0 Å². The molecule has 0 saturated carbocycles. The number of nitrogens with one attached hydrogen (secondary N) is 1. The van der Waals surface area contributed by atoms with Crippen molar-refractivity contribution in [2.45, 2.75) is 25.3 Å². The number of likely N-dealkylation sites (tertiary alicyclic amines) is 1. The summed E-state index contributed by atoms with van der Waals surface area (Å²) in [5.41, 5.74) is 2.25. The first kappa shape index (κ1) is 13.0. The molecule has 2 fully saturated rings. The van der Waals surface area contributed by atoms with Crippen LogP contribution in [0, 0.1) is 6.92 Å². The average Bonchev–Trinajstić information content (AvgIpc) is 2.86. The highest BCUT2D eigenvalue weighted by molar-refractivity contribution is 5.17. The van der Waals surface area contributed by atoms with Crippen LogP contribution in [0.3, 0.4) is 0 Å². The summed E-state index contributed by atoms with van der Waals surface area (Å²) in [6, 6.07) is 2.28. The highest BCUT2D eigenvalue weighted by Crippen LogP contribution is 2.26. The van der Waals surface area contributed by atoms with Crippen LogP contribution in [-0.2, 0) is 4.74 Å². The predicted molar refractivity (Wildman–Crippen MR) is 73.2 cm³/mol. The lowest BCUT2D eigenvalue weighted by molar-refractivity contribution is 0.0740. The molecule has 1 aromatic heterocycles. The van der Waals surface area contributed by atoms with Crippen molar-refractivity contribution in [3.63, 3.8) is 0 Å². The van der Waals surface area contributed by atoms with Crippen molar-refractivity contribution in [3.05, 3.63) is 23.3 Å². The van der Waals surface area contributed by atoms with Gasteiger partial charge in [-0.05, 0) is 33.0 Å². The van der Waals surface area contributed by atoms with E-state index in [1.807, 2.05) is 0 Å². The van der Waals surface area contributed by atoms with Gasteiger partial charge in [0, 0.05) is 30.4 Å². The third-order valence-corrected chi connectivity index (χ3v) is 3.93. The Morgan fingerprint density at radius 2 is 2.32 bits per heavy atom. The Hall–Kier alpha value is -1.04.